The van der Waals surface area contributed by atoms with Gasteiger partial charge in [0.15, 0.2) is 0 Å². The van der Waals surface area contributed by atoms with Gasteiger partial charge in [-0.1, -0.05) is 146 Å². The van der Waals surface area contributed by atoms with E-state index >= 15 is 0 Å². The van der Waals surface area contributed by atoms with E-state index in [-0.39, 0.29) is 0 Å². The first-order valence-electron chi connectivity index (χ1n) is 17.5. The molecule has 0 saturated heterocycles. The largest absolute Gasteiger partial charge is 0.456 e. The van der Waals surface area contributed by atoms with Crippen LogP contribution >= 0.6 is 0 Å². The van der Waals surface area contributed by atoms with Gasteiger partial charge in [-0.2, -0.15) is 0 Å². The molecule has 1 aliphatic rings. The lowest BCUT2D eigenvalue weighted by Gasteiger charge is -2.33. The first-order chi connectivity index (χ1) is 25.3. The van der Waals surface area contributed by atoms with Gasteiger partial charge in [-0.15, -0.1) is 0 Å². The van der Waals surface area contributed by atoms with Gasteiger partial charge in [-0.05, 0) is 99.1 Å². The Hall–Kier alpha value is -6.64. The third-order valence-electron chi connectivity index (χ3n) is 10.6. The molecule has 0 radical (unpaired) electrons. The lowest BCUT2D eigenvalue weighted by atomic mass is 9.67. The van der Waals surface area contributed by atoms with Gasteiger partial charge >= 0.3 is 0 Å². The number of hydrogen-bond donors (Lipinski definition) is 0. The molecular formula is C49H33NO. The fourth-order valence-electron chi connectivity index (χ4n) is 8.31. The standard InChI is InChI=1S/C49H33NO/c1-4-14-36(15-5-1)49(45-22-12-10-20-41(45)42-21-11-13-23-46(42)49)37-27-30-43-44-32-35(26-31-47(44)51-48(43)33-37)34-24-28-40(29-25-34)50(38-16-6-2-7-17-38)39-18-8-3-9-19-39/h1-33H. The van der Waals surface area contributed by atoms with E-state index in [2.05, 4.69) is 205 Å². The fourth-order valence-corrected chi connectivity index (χ4v) is 8.31. The number of furan rings is 1. The molecule has 240 valence electrons. The molecular weight excluding hydrogens is 619 g/mol. The summed E-state index contributed by atoms with van der Waals surface area (Å²) >= 11 is 0. The zero-order valence-corrected chi connectivity index (χ0v) is 27.9. The number of anilines is 3. The van der Waals surface area contributed by atoms with Crippen LogP contribution in [0.3, 0.4) is 0 Å². The molecule has 8 aromatic carbocycles. The monoisotopic (exact) mass is 651 g/mol. The number of para-hydroxylation sites is 2. The Labute approximate surface area is 297 Å². The number of benzene rings is 8. The topological polar surface area (TPSA) is 16.4 Å². The molecule has 1 aromatic heterocycles. The van der Waals surface area contributed by atoms with Crippen LogP contribution in [-0.2, 0) is 5.41 Å². The van der Waals surface area contributed by atoms with Crippen molar-refractivity contribution in [1.29, 1.82) is 0 Å². The predicted molar refractivity (Wildman–Crippen MR) is 211 cm³/mol. The van der Waals surface area contributed by atoms with E-state index in [0.29, 0.717) is 0 Å². The first-order valence-corrected chi connectivity index (χ1v) is 17.5. The highest BCUT2D eigenvalue weighted by atomic mass is 16.3. The van der Waals surface area contributed by atoms with Crippen molar-refractivity contribution in [1.82, 2.24) is 0 Å². The minimum atomic E-state index is -0.456. The zero-order valence-electron chi connectivity index (χ0n) is 27.9. The summed E-state index contributed by atoms with van der Waals surface area (Å²) in [6, 6.07) is 71.9. The maximum absolute atomic E-state index is 6.64. The van der Waals surface area contributed by atoms with Crippen molar-refractivity contribution >= 4 is 39.0 Å². The van der Waals surface area contributed by atoms with Crippen LogP contribution in [-0.4, -0.2) is 0 Å². The zero-order chi connectivity index (χ0) is 33.8. The second-order valence-corrected chi connectivity index (χ2v) is 13.3. The average Bonchev–Trinajstić information content (AvgIpc) is 3.72. The third kappa shape index (κ3) is 4.57. The normalized spacial score (nSPS) is 12.9. The lowest BCUT2D eigenvalue weighted by Crippen LogP contribution is -2.28. The minimum absolute atomic E-state index is 0.456. The molecule has 51 heavy (non-hydrogen) atoms. The molecule has 0 N–H and O–H groups in total. The Morgan fingerprint density at radius 1 is 0.353 bits per heavy atom. The first kappa shape index (κ1) is 29.3. The summed E-state index contributed by atoms with van der Waals surface area (Å²) in [6.45, 7) is 0. The van der Waals surface area contributed by atoms with Crippen molar-refractivity contribution in [2.45, 2.75) is 5.41 Å². The summed E-state index contributed by atoms with van der Waals surface area (Å²) in [6.07, 6.45) is 0. The van der Waals surface area contributed by atoms with Crippen LogP contribution in [0.25, 0.3) is 44.2 Å². The highest BCUT2D eigenvalue weighted by molar-refractivity contribution is 6.07. The van der Waals surface area contributed by atoms with Gasteiger partial charge in [0.1, 0.15) is 11.2 Å². The van der Waals surface area contributed by atoms with Gasteiger partial charge in [0, 0.05) is 27.8 Å². The molecule has 0 fully saturated rings. The Kier molecular flexibility index (Phi) is 6.75. The highest BCUT2D eigenvalue weighted by Crippen LogP contribution is 2.56. The molecule has 0 saturated carbocycles. The summed E-state index contributed by atoms with van der Waals surface area (Å²) in [5.41, 5.74) is 14.6. The van der Waals surface area contributed by atoms with E-state index in [1.54, 1.807) is 0 Å². The molecule has 1 aliphatic carbocycles. The van der Waals surface area contributed by atoms with Crippen LogP contribution in [0.2, 0.25) is 0 Å². The second-order valence-electron chi connectivity index (χ2n) is 13.3. The smallest absolute Gasteiger partial charge is 0.135 e. The van der Waals surface area contributed by atoms with E-state index in [4.69, 9.17) is 4.42 Å². The summed E-state index contributed by atoms with van der Waals surface area (Å²) < 4.78 is 6.64. The molecule has 2 heteroatoms. The van der Waals surface area contributed by atoms with Crippen molar-refractivity contribution in [2.24, 2.45) is 0 Å². The molecule has 9 aromatic rings. The molecule has 2 nitrogen and oxygen atoms in total. The summed E-state index contributed by atoms with van der Waals surface area (Å²) in [7, 11) is 0. The van der Waals surface area contributed by atoms with Crippen molar-refractivity contribution in [2.75, 3.05) is 4.90 Å². The molecule has 1 heterocycles. The lowest BCUT2D eigenvalue weighted by molar-refractivity contribution is 0.665. The van der Waals surface area contributed by atoms with Crippen LogP contribution in [0.15, 0.2) is 205 Å². The molecule has 0 atom stereocenters. The number of rotatable bonds is 6. The SMILES string of the molecule is c1ccc(N(c2ccccc2)c2ccc(-c3ccc4oc5cc(C6(c7ccccc7)c7ccccc7-c7ccccc76)ccc5c4c3)cc2)cc1. The maximum Gasteiger partial charge on any atom is 0.135 e. The van der Waals surface area contributed by atoms with E-state index < -0.39 is 5.41 Å². The highest BCUT2D eigenvalue weighted by Gasteiger charge is 2.46. The van der Waals surface area contributed by atoms with Crippen LogP contribution in [0.5, 0.6) is 0 Å². The van der Waals surface area contributed by atoms with Crippen LogP contribution in [0, 0.1) is 0 Å². The van der Waals surface area contributed by atoms with Crippen LogP contribution in [0.1, 0.15) is 22.3 Å². The Morgan fingerprint density at radius 3 is 1.51 bits per heavy atom. The summed E-state index contributed by atoms with van der Waals surface area (Å²) in [5, 5.41) is 2.24. The van der Waals surface area contributed by atoms with Crippen molar-refractivity contribution < 1.29 is 4.42 Å². The van der Waals surface area contributed by atoms with Gasteiger partial charge in [-0.25, -0.2) is 0 Å². The molecule has 0 amide bonds. The Balaban J connectivity index is 1.07. The molecule has 0 spiro atoms. The number of hydrogen-bond acceptors (Lipinski definition) is 2. The minimum Gasteiger partial charge on any atom is -0.456 e. The fraction of sp³-hybridized carbons (Fsp3) is 0.0204. The van der Waals surface area contributed by atoms with Crippen molar-refractivity contribution in [3.8, 4) is 22.3 Å². The van der Waals surface area contributed by atoms with Gasteiger partial charge < -0.3 is 9.32 Å². The van der Waals surface area contributed by atoms with Crippen molar-refractivity contribution in [3.05, 3.63) is 222 Å². The summed E-state index contributed by atoms with van der Waals surface area (Å²) in [4.78, 5) is 2.29. The van der Waals surface area contributed by atoms with Gasteiger partial charge in [0.25, 0.3) is 0 Å². The molecule has 10 rings (SSSR count). The van der Waals surface area contributed by atoms with Gasteiger partial charge in [-0.3, -0.25) is 0 Å². The van der Waals surface area contributed by atoms with E-state index in [0.717, 1.165) is 50.1 Å². The van der Waals surface area contributed by atoms with Crippen molar-refractivity contribution in [3.63, 3.8) is 0 Å². The molecule has 0 aliphatic heterocycles. The van der Waals surface area contributed by atoms with E-state index in [1.807, 2.05) is 0 Å². The maximum atomic E-state index is 6.64. The van der Waals surface area contributed by atoms with E-state index in [9.17, 15) is 0 Å². The summed E-state index contributed by atoms with van der Waals surface area (Å²) in [5.74, 6) is 0. The average molecular weight is 652 g/mol. The molecule has 0 unspecified atom stereocenters. The quantitative estimate of drug-likeness (QED) is 0.178. The van der Waals surface area contributed by atoms with Gasteiger partial charge in [0.2, 0.25) is 0 Å². The van der Waals surface area contributed by atoms with Crippen LogP contribution in [0.4, 0.5) is 17.1 Å². The third-order valence-corrected chi connectivity index (χ3v) is 10.6. The van der Waals surface area contributed by atoms with Crippen LogP contribution < -0.4 is 4.90 Å². The van der Waals surface area contributed by atoms with Gasteiger partial charge in [0.05, 0.1) is 5.41 Å². The second kappa shape index (κ2) is 11.8. The number of fused-ring (bicyclic) bond motifs is 6. The Bertz CT molecular complexity index is 2590. The predicted octanol–water partition coefficient (Wildman–Crippen LogP) is 13.1. The number of nitrogens with zero attached hydrogens (tertiary/aromatic N) is 1. The molecule has 0 bridgehead atoms. The Morgan fingerprint density at radius 2 is 0.882 bits per heavy atom. The van der Waals surface area contributed by atoms with E-state index in [1.165, 1.54) is 33.4 Å².